The lowest BCUT2D eigenvalue weighted by Gasteiger charge is -2.33. The first-order valence-electron chi connectivity index (χ1n) is 5.97. The number of nitrogens with two attached hydrogens (primary N) is 2. The van der Waals surface area contributed by atoms with Crippen LogP contribution in [0.1, 0.15) is 11.1 Å². The largest absolute Gasteiger partial charge is 0.383 e. The molecule has 1 heterocycles. The van der Waals surface area contributed by atoms with Gasteiger partial charge in [0.2, 0.25) is 5.79 Å². The number of aliphatic imine (C=N–C) groups is 1. The van der Waals surface area contributed by atoms with Gasteiger partial charge in [-0.1, -0.05) is 12.1 Å². The molecule has 1 aliphatic heterocycles. The first kappa shape index (κ1) is 12.6. The number of amidine groups is 1. The van der Waals surface area contributed by atoms with Crippen LogP contribution in [0.3, 0.4) is 0 Å². The van der Waals surface area contributed by atoms with Gasteiger partial charge in [-0.2, -0.15) is 0 Å². The van der Waals surface area contributed by atoms with Crippen LogP contribution in [0, 0.1) is 11.6 Å². The van der Waals surface area contributed by atoms with Gasteiger partial charge in [0, 0.05) is 11.3 Å². The van der Waals surface area contributed by atoms with Gasteiger partial charge in [0.05, 0.1) is 5.56 Å². The summed E-state index contributed by atoms with van der Waals surface area (Å²) >= 11 is 0. The zero-order chi connectivity index (χ0) is 14.3. The molecule has 20 heavy (non-hydrogen) atoms. The molecule has 1 atom stereocenters. The third-order valence-corrected chi connectivity index (χ3v) is 3.16. The number of benzene rings is 2. The molecule has 0 aliphatic carbocycles. The Morgan fingerprint density at radius 3 is 2.65 bits per heavy atom. The molecule has 0 fully saturated rings. The maximum absolute atomic E-state index is 13.9. The molecule has 2 aromatic carbocycles. The van der Waals surface area contributed by atoms with Crippen molar-refractivity contribution in [3.63, 3.8) is 0 Å². The molecule has 0 amide bonds. The van der Waals surface area contributed by atoms with Gasteiger partial charge >= 0.3 is 0 Å². The maximum Gasteiger partial charge on any atom is 0.214 e. The average Bonchev–Trinajstić information content (AvgIpc) is 2.41. The Balaban J connectivity index is 2.16. The van der Waals surface area contributed by atoms with Gasteiger partial charge in [0.25, 0.3) is 0 Å². The molecule has 3 rings (SSSR count). The second-order valence-electron chi connectivity index (χ2n) is 4.56. The number of nitrogens with one attached hydrogen (secondary N) is 1. The summed E-state index contributed by atoms with van der Waals surface area (Å²) in [7, 11) is 0. The van der Waals surface area contributed by atoms with Crippen molar-refractivity contribution >= 4 is 11.5 Å². The van der Waals surface area contributed by atoms with Crippen LogP contribution in [0.4, 0.5) is 14.5 Å². The Morgan fingerprint density at radius 2 is 1.85 bits per heavy atom. The maximum atomic E-state index is 13.9. The van der Waals surface area contributed by atoms with E-state index in [0.29, 0.717) is 11.3 Å². The second kappa shape index (κ2) is 4.28. The van der Waals surface area contributed by atoms with E-state index in [4.69, 9.17) is 11.5 Å². The Morgan fingerprint density at radius 1 is 1.10 bits per heavy atom. The number of hydrogen-bond donors (Lipinski definition) is 3. The minimum atomic E-state index is -1.63. The number of anilines is 1. The van der Waals surface area contributed by atoms with E-state index in [0.717, 1.165) is 18.2 Å². The third kappa shape index (κ3) is 1.90. The van der Waals surface area contributed by atoms with Crippen molar-refractivity contribution in [2.24, 2.45) is 16.5 Å². The number of nitrogens with zero attached hydrogens (tertiary/aromatic N) is 1. The minimum Gasteiger partial charge on any atom is -0.383 e. The predicted molar refractivity (Wildman–Crippen MR) is 73.0 cm³/mol. The summed E-state index contributed by atoms with van der Waals surface area (Å²) in [6.07, 6.45) is 0. The van der Waals surface area contributed by atoms with Crippen molar-refractivity contribution in [1.29, 1.82) is 0 Å². The quantitative estimate of drug-likeness (QED) is 0.743. The van der Waals surface area contributed by atoms with Crippen LogP contribution in [0.15, 0.2) is 47.5 Å². The van der Waals surface area contributed by atoms with Crippen molar-refractivity contribution < 1.29 is 8.78 Å². The summed E-state index contributed by atoms with van der Waals surface area (Å²) < 4.78 is 27.2. The van der Waals surface area contributed by atoms with Crippen LogP contribution < -0.4 is 16.8 Å². The summed E-state index contributed by atoms with van der Waals surface area (Å²) in [6, 6.07) is 10.1. The number of rotatable bonds is 1. The molecule has 0 aromatic heterocycles. The highest BCUT2D eigenvalue weighted by molar-refractivity contribution is 6.04. The van der Waals surface area contributed by atoms with Crippen molar-refractivity contribution in [2.75, 3.05) is 5.32 Å². The molecule has 102 valence electrons. The topological polar surface area (TPSA) is 76.4 Å². The molecule has 4 nitrogen and oxygen atoms in total. The van der Waals surface area contributed by atoms with E-state index >= 15 is 0 Å². The molecule has 0 spiro atoms. The highest BCUT2D eigenvalue weighted by Crippen LogP contribution is 2.31. The van der Waals surface area contributed by atoms with E-state index in [2.05, 4.69) is 10.3 Å². The molecule has 2 aromatic rings. The molecule has 1 aliphatic rings. The SMILES string of the molecule is NC1=NC(N)(c2cc(F)ccc2F)Nc2ccccc21. The lowest BCUT2D eigenvalue weighted by atomic mass is 10.0. The van der Waals surface area contributed by atoms with E-state index in [1.807, 2.05) is 0 Å². The summed E-state index contributed by atoms with van der Waals surface area (Å²) in [5.74, 6) is -2.71. The van der Waals surface area contributed by atoms with Crippen molar-refractivity contribution in [1.82, 2.24) is 0 Å². The Labute approximate surface area is 114 Å². The first-order valence-corrected chi connectivity index (χ1v) is 5.97. The normalized spacial score (nSPS) is 20.9. The van der Waals surface area contributed by atoms with Crippen LogP contribution >= 0.6 is 0 Å². The summed E-state index contributed by atoms with van der Waals surface area (Å²) in [5, 5.41) is 2.89. The molecular formula is C14H12F2N4. The minimum absolute atomic E-state index is 0.102. The molecule has 0 radical (unpaired) electrons. The molecule has 0 saturated heterocycles. The smallest absolute Gasteiger partial charge is 0.214 e. The van der Waals surface area contributed by atoms with Crippen LogP contribution in [-0.2, 0) is 5.79 Å². The summed E-state index contributed by atoms with van der Waals surface area (Å²) in [6.45, 7) is 0. The predicted octanol–water partition coefficient (Wildman–Crippen LogP) is 1.86. The van der Waals surface area contributed by atoms with E-state index < -0.39 is 17.4 Å². The van der Waals surface area contributed by atoms with Gasteiger partial charge < -0.3 is 11.1 Å². The number of fused-ring (bicyclic) bond motifs is 1. The average molecular weight is 274 g/mol. The first-order chi connectivity index (χ1) is 9.49. The zero-order valence-corrected chi connectivity index (χ0v) is 10.4. The van der Waals surface area contributed by atoms with Gasteiger partial charge in [0.1, 0.15) is 17.5 Å². The molecule has 1 unspecified atom stereocenters. The fourth-order valence-electron chi connectivity index (χ4n) is 2.22. The van der Waals surface area contributed by atoms with Gasteiger partial charge in [-0.05, 0) is 30.3 Å². The Hall–Kier alpha value is -2.47. The number of hydrogen-bond acceptors (Lipinski definition) is 4. The van der Waals surface area contributed by atoms with Crippen LogP contribution in [-0.4, -0.2) is 5.84 Å². The number of para-hydroxylation sites is 1. The van der Waals surface area contributed by atoms with Crippen molar-refractivity contribution in [3.8, 4) is 0 Å². The van der Waals surface area contributed by atoms with E-state index in [1.165, 1.54) is 0 Å². The highest BCUT2D eigenvalue weighted by Gasteiger charge is 2.34. The monoisotopic (exact) mass is 274 g/mol. The Kier molecular flexibility index (Phi) is 2.69. The third-order valence-electron chi connectivity index (χ3n) is 3.16. The molecule has 5 N–H and O–H groups in total. The van der Waals surface area contributed by atoms with Gasteiger partial charge in [-0.3, -0.25) is 5.73 Å². The van der Waals surface area contributed by atoms with Crippen LogP contribution in [0.25, 0.3) is 0 Å². The van der Waals surface area contributed by atoms with Gasteiger partial charge in [-0.15, -0.1) is 0 Å². The lowest BCUT2D eigenvalue weighted by Crippen LogP contribution is -2.48. The molecule has 6 heteroatoms. The highest BCUT2D eigenvalue weighted by atomic mass is 19.1. The Bertz CT molecular complexity index is 714. The second-order valence-corrected chi connectivity index (χ2v) is 4.56. The van der Waals surface area contributed by atoms with Gasteiger partial charge in [-0.25, -0.2) is 13.8 Å². The fourth-order valence-corrected chi connectivity index (χ4v) is 2.22. The zero-order valence-electron chi connectivity index (χ0n) is 10.4. The van der Waals surface area contributed by atoms with Crippen molar-refractivity contribution in [3.05, 3.63) is 65.2 Å². The van der Waals surface area contributed by atoms with E-state index in [1.54, 1.807) is 24.3 Å². The summed E-state index contributed by atoms with van der Waals surface area (Å²) in [4.78, 5) is 4.08. The fraction of sp³-hybridized carbons (Fsp3) is 0.0714. The standard InChI is InChI=1S/C14H12F2N4/c15-8-5-6-11(16)10(7-8)14(18)19-12-4-2-1-3-9(12)13(17)20-14/h1-7,19H,18H2,(H2,17,20). The van der Waals surface area contributed by atoms with Crippen LogP contribution in [0.5, 0.6) is 0 Å². The number of halogens is 2. The molecule has 0 saturated carbocycles. The van der Waals surface area contributed by atoms with Crippen molar-refractivity contribution in [2.45, 2.75) is 5.79 Å². The van der Waals surface area contributed by atoms with E-state index in [-0.39, 0.29) is 11.4 Å². The van der Waals surface area contributed by atoms with E-state index in [9.17, 15) is 8.78 Å². The summed E-state index contributed by atoms with van der Waals surface area (Å²) in [5.41, 5.74) is 13.1. The molecule has 0 bridgehead atoms. The van der Waals surface area contributed by atoms with Gasteiger partial charge in [0.15, 0.2) is 0 Å². The lowest BCUT2D eigenvalue weighted by molar-refractivity contribution is 0.483. The molecular weight excluding hydrogens is 262 g/mol. The van der Waals surface area contributed by atoms with Crippen LogP contribution in [0.2, 0.25) is 0 Å².